The smallest absolute Gasteiger partial charge is 0.225 e. The topological polar surface area (TPSA) is 54.8 Å². The third kappa shape index (κ3) is 2.50. The van der Waals surface area contributed by atoms with E-state index in [0.717, 1.165) is 20.8 Å². The second kappa shape index (κ2) is 5.40. The molecule has 0 unspecified atom stereocenters. The van der Waals surface area contributed by atoms with Crippen molar-refractivity contribution < 1.29 is 4.39 Å². The molecule has 1 atom stereocenters. The van der Waals surface area contributed by atoms with Gasteiger partial charge >= 0.3 is 0 Å². The zero-order chi connectivity index (χ0) is 15.1. The van der Waals surface area contributed by atoms with Crippen molar-refractivity contribution >= 4 is 39.1 Å². The summed E-state index contributed by atoms with van der Waals surface area (Å²) < 4.78 is 14.2. The SMILES string of the molecule is F[C@@H]1CCN(c2ncc(-c3nc4cnc(Cl)cc4s3)cn2)C1. The Hall–Kier alpha value is -1.86. The van der Waals surface area contributed by atoms with Crippen LogP contribution in [0.4, 0.5) is 10.3 Å². The number of thiazole rings is 1. The largest absolute Gasteiger partial charge is 0.338 e. The molecule has 3 aromatic rings. The van der Waals surface area contributed by atoms with Crippen molar-refractivity contribution in [2.24, 2.45) is 0 Å². The van der Waals surface area contributed by atoms with Crippen molar-refractivity contribution in [2.45, 2.75) is 12.6 Å². The highest BCUT2D eigenvalue weighted by atomic mass is 35.5. The van der Waals surface area contributed by atoms with Crippen molar-refractivity contribution in [1.29, 1.82) is 0 Å². The maximum absolute atomic E-state index is 13.2. The number of fused-ring (bicyclic) bond motifs is 1. The molecule has 0 amide bonds. The van der Waals surface area contributed by atoms with E-state index in [9.17, 15) is 4.39 Å². The highest BCUT2D eigenvalue weighted by Crippen LogP contribution is 2.30. The Kier molecular flexibility index (Phi) is 3.38. The number of nitrogens with zero attached hydrogens (tertiary/aromatic N) is 5. The second-order valence-corrected chi connectivity index (χ2v) is 6.52. The molecule has 112 valence electrons. The summed E-state index contributed by atoms with van der Waals surface area (Å²) in [6.45, 7) is 1.02. The molecule has 1 saturated heterocycles. The van der Waals surface area contributed by atoms with Crippen molar-refractivity contribution in [3.63, 3.8) is 0 Å². The minimum absolute atomic E-state index is 0.366. The summed E-state index contributed by atoms with van der Waals surface area (Å²) in [6, 6.07) is 1.79. The van der Waals surface area contributed by atoms with Crippen LogP contribution in [-0.2, 0) is 0 Å². The van der Waals surface area contributed by atoms with Crippen LogP contribution in [0.2, 0.25) is 5.15 Å². The predicted molar refractivity (Wildman–Crippen MR) is 85.2 cm³/mol. The molecular weight excluding hydrogens is 325 g/mol. The molecule has 22 heavy (non-hydrogen) atoms. The average Bonchev–Trinajstić information content (AvgIpc) is 3.13. The molecule has 1 fully saturated rings. The molecule has 0 aliphatic carbocycles. The zero-order valence-corrected chi connectivity index (χ0v) is 13.0. The van der Waals surface area contributed by atoms with Gasteiger partial charge in [-0.25, -0.2) is 24.3 Å². The van der Waals surface area contributed by atoms with Crippen LogP contribution < -0.4 is 4.90 Å². The monoisotopic (exact) mass is 335 g/mol. The lowest BCUT2D eigenvalue weighted by Crippen LogP contribution is -2.22. The summed E-state index contributed by atoms with van der Waals surface area (Å²) in [5, 5.41) is 1.26. The minimum Gasteiger partial charge on any atom is -0.338 e. The van der Waals surface area contributed by atoms with Crippen LogP contribution in [0, 0.1) is 0 Å². The van der Waals surface area contributed by atoms with Gasteiger partial charge in [0.1, 0.15) is 21.8 Å². The number of hydrogen-bond acceptors (Lipinski definition) is 6. The van der Waals surface area contributed by atoms with E-state index in [1.54, 1.807) is 24.7 Å². The Morgan fingerprint density at radius 1 is 1.23 bits per heavy atom. The van der Waals surface area contributed by atoms with Crippen LogP contribution in [-0.4, -0.2) is 39.2 Å². The van der Waals surface area contributed by atoms with Gasteiger partial charge in [-0.3, -0.25) is 0 Å². The first-order chi connectivity index (χ1) is 10.7. The number of hydrogen-bond donors (Lipinski definition) is 0. The molecule has 5 nitrogen and oxygen atoms in total. The van der Waals surface area contributed by atoms with E-state index in [4.69, 9.17) is 11.6 Å². The molecule has 4 heterocycles. The number of alkyl halides is 1. The fourth-order valence-corrected chi connectivity index (χ4v) is 3.60. The van der Waals surface area contributed by atoms with Crippen LogP contribution in [0.1, 0.15) is 6.42 Å². The fourth-order valence-electron chi connectivity index (χ4n) is 2.43. The molecule has 0 aromatic carbocycles. The van der Waals surface area contributed by atoms with Crippen LogP contribution in [0.3, 0.4) is 0 Å². The molecule has 0 spiro atoms. The van der Waals surface area contributed by atoms with E-state index < -0.39 is 6.17 Å². The van der Waals surface area contributed by atoms with E-state index in [1.165, 1.54) is 11.3 Å². The van der Waals surface area contributed by atoms with Crippen molar-refractivity contribution in [3.05, 3.63) is 29.8 Å². The Bertz CT molecular complexity index is 822. The van der Waals surface area contributed by atoms with Crippen LogP contribution in [0.25, 0.3) is 20.8 Å². The quantitative estimate of drug-likeness (QED) is 0.672. The maximum atomic E-state index is 13.2. The summed E-state index contributed by atoms with van der Waals surface area (Å²) >= 11 is 7.40. The lowest BCUT2D eigenvalue weighted by atomic mass is 10.3. The van der Waals surface area contributed by atoms with Gasteiger partial charge in [0.05, 0.1) is 17.4 Å². The Balaban J connectivity index is 1.64. The minimum atomic E-state index is -0.787. The van der Waals surface area contributed by atoms with E-state index in [-0.39, 0.29) is 0 Å². The lowest BCUT2D eigenvalue weighted by molar-refractivity contribution is 0.364. The Morgan fingerprint density at radius 2 is 2.05 bits per heavy atom. The van der Waals surface area contributed by atoms with Gasteiger partial charge < -0.3 is 4.90 Å². The Labute approximate surface area is 134 Å². The standard InChI is InChI=1S/C14H11ClFN5S/c15-12-3-11-10(6-17-12)20-13(22-11)8-4-18-14(19-5-8)21-2-1-9(16)7-21/h3-6,9H,1-2,7H2/t9-/m1/s1. The number of aromatic nitrogens is 4. The maximum Gasteiger partial charge on any atom is 0.225 e. The van der Waals surface area contributed by atoms with Crippen LogP contribution in [0.5, 0.6) is 0 Å². The molecule has 8 heteroatoms. The first kappa shape index (κ1) is 13.8. The zero-order valence-electron chi connectivity index (χ0n) is 11.4. The predicted octanol–water partition coefficient (Wildman–Crippen LogP) is 3.35. The van der Waals surface area contributed by atoms with E-state index in [2.05, 4.69) is 19.9 Å². The number of anilines is 1. The summed E-state index contributed by atoms with van der Waals surface area (Å²) in [6.07, 6.45) is 4.85. The normalized spacial score (nSPS) is 18.3. The summed E-state index contributed by atoms with van der Waals surface area (Å²) in [5.74, 6) is 0.565. The van der Waals surface area contributed by atoms with Crippen LogP contribution >= 0.6 is 22.9 Å². The van der Waals surface area contributed by atoms with E-state index in [1.807, 2.05) is 4.90 Å². The molecule has 0 radical (unpaired) electrons. The number of rotatable bonds is 2. The molecule has 1 aliphatic rings. The van der Waals surface area contributed by atoms with Gasteiger partial charge in [0.2, 0.25) is 5.95 Å². The van der Waals surface area contributed by atoms with Gasteiger partial charge in [0.25, 0.3) is 0 Å². The van der Waals surface area contributed by atoms with Gasteiger partial charge in [-0.2, -0.15) is 0 Å². The van der Waals surface area contributed by atoms with Crippen LogP contribution in [0.15, 0.2) is 24.7 Å². The molecule has 4 rings (SSSR count). The van der Waals surface area contributed by atoms with Crippen molar-refractivity contribution in [3.8, 4) is 10.6 Å². The summed E-state index contributed by atoms with van der Waals surface area (Å²) in [5.41, 5.74) is 1.63. The number of pyridine rings is 1. The van der Waals surface area contributed by atoms with Gasteiger partial charge in [-0.1, -0.05) is 11.6 Å². The molecule has 1 aliphatic heterocycles. The summed E-state index contributed by atoms with van der Waals surface area (Å²) in [7, 11) is 0. The summed E-state index contributed by atoms with van der Waals surface area (Å²) in [4.78, 5) is 19.1. The number of halogens is 2. The highest BCUT2D eigenvalue weighted by Gasteiger charge is 2.23. The van der Waals surface area contributed by atoms with Crippen molar-refractivity contribution in [2.75, 3.05) is 18.0 Å². The van der Waals surface area contributed by atoms with Gasteiger partial charge in [0.15, 0.2) is 0 Å². The van der Waals surface area contributed by atoms with Gasteiger partial charge in [-0.15, -0.1) is 11.3 Å². The fraction of sp³-hybridized carbons (Fsp3) is 0.286. The van der Waals surface area contributed by atoms with E-state index >= 15 is 0 Å². The molecule has 0 saturated carbocycles. The molecule has 0 N–H and O–H groups in total. The third-order valence-corrected chi connectivity index (χ3v) is 4.81. The van der Waals surface area contributed by atoms with E-state index in [0.29, 0.717) is 30.6 Å². The third-order valence-electron chi connectivity index (χ3n) is 3.54. The van der Waals surface area contributed by atoms with Gasteiger partial charge in [0, 0.05) is 24.5 Å². The average molecular weight is 336 g/mol. The lowest BCUT2D eigenvalue weighted by Gasteiger charge is -2.14. The first-order valence-corrected chi connectivity index (χ1v) is 8.02. The molecular formula is C14H11ClFN5S. The highest BCUT2D eigenvalue weighted by molar-refractivity contribution is 7.21. The first-order valence-electron chi connectivity index (χ1n) is 6.82. The van der Waals surface area contributed by atoms with Gasteiger partial charge in [-0.05, 0) is 12.5 Å². The Morgan fingerprint density at radius 3 is 2.77 bits per heavy atom. The molecule has 0 bridgehead atoms. The van der Waals surface area contributed by atoms with Crippen molar-refractivity contribution in [1.82, 2.24) is 19.9 Å². The molecule has 3 aromatic heterocycles. The second-order valence-electron chi connectivity index (χ2n) is 5.10.